The van der Waals surface area contributed by atoms with Gasteiger partial charge in [-0.2, -0.15) is 0 Å². The Balaban J connectivity index is 2.01. The van der Waals surface area contributed by atoms with Gasteiger partial charge in [-0.1, -0.05) is 23.7 Å². The van der Waals surface area contributed by atoms with E-state index in [1.54, 1.807) is 12.4 Å². The van der Waals surface area contributed by atoms with Crippen LogP contribution in [0, 0.1) is 0 Å². The number of halogens is 1. The minimum atomic E-state index is 0.667. The second-order valence-electron chi connectivity index (χ2n) is 4.80. The summed E-state index contributed by atoms with van der Waals surface area (Å²) >= 11 is 6.18. The molecular formula is C16H16ClN3. The summed E-state index contributed by atoms with van der Waals surface area (Å²) in [4.78, 5) is 4.02. The molecule has 1 aromatic carbocycles. The second-order valence-corrected chi connectivity index (χ2v) is 5.21. The van der Waals surface area contributed by atoms with Crippen LogP contribution in [0.2, 0.25) is 5.02 Å². The zero-order valence-corrected chi connectivity index (χ0v) is 11.8. The molecule has 2 N–H and O–H groups in total. The van der Waals surface area contributed by atoms with Gasteiger partial charge in [-0.25, -0.2) is 0 Å². The summed E-state index contributed by atoms with van der Waals surface area (Å²) < 4.78 is 2.20. The van der Waals surface area contributed by atoms with E-state index in [9.17, 15) is 0 Å². The average Bonchev–Trinajstić information content (AvgIpc) is 2.86. The number of nitrogens with two attached hydrogens (primary N) is 1. The molecule has 0 spiro atoms. The van der Waals surface area contributed by atoms with E-state index < -0.39 is 0 Å². The molecular weight excluding hydrogens is 270 g/mol. The van der Waals surface area contributed by atoms with E-state index in [0.29, 0.717) is 11.6 Å². The highest BCUT2D eigenvalue weighted by atomic mass is 35.5. The fourth-order valence-corrected chi connectivity index (χ4v) is 2.69. The van der Waals surface area contributed by atoms with Crippen molar-refractivity contribution < 1.29 is 0 Å². The van der Waals surface area contributed by atoms with Gasteiger partial charge in [-0.3, -0.25) is 4.98 Å². The topological polar surface area (TPSA) is 43.8 Å². The molecule has 0 fully saturated rings. The molecule has 3 rings (SSSR count). The van der Waals surface area contributed by atoms with Crippen molar-refractivity contribution in [3.05, 3.63) is 65.1 Å². The van der Waals surface area contributed by atoms with E-state index in [1.807, 2.05) is 6.07 Å². The lowest BCUT2D eigenvalue weighted by molar-refractivity contribution is 0.834. The van der Waals surface area contributed by atoms with Gasteiger partial charge in [0.05, 0.1) is 5.02 Å². The van der Waals surface area contributed by atoms with E-state index in [4.69, 9.17) is 17.3 Å². The minimum absolute atomic E-state index is 0.667. The summed E-state index contributed by atoms with van der Waals surface area (Å²) in [6.45, 7) is 1.41. The van der Waals surface area contributed by atoms with Gasteiger partial charge in [-0.15, -0.1) is 0 Å². The Kier molecular flexibility index (Phi) is 3.72. The first-order valence-electron chi connectivity index (χ1n) is 6.65. The van der Waals surface area contributed by atoms with Gasteiger partial charge in [0, 0.05) is 36.0 Å². The number of benzene rings is 1. The first-order chi connectivity index (χ1) is 9.79. The highest BCUT2D eigenvalue weighted by Gasteiger charge is 2.07. The van der Waals surface area contributed by atoms with Crippen LogP contribution >= 0.6 is 11.6 Å². The second kappa shape index (κ2) is 5.65. The minimum Gasteiger partial charge on any atom is -0.343 e. The van der Waals surface area contributed by atoms with Gasteiger partial charge in [0.2, 0.25) is 0 Å². The lowest BCUT2D eigenvalue weighted by atomic mass is 10.1. The van der Waals surface area contributed by atoms with Gasteiger partial charge >= 0.3 is 0 Å². The molecule has 0 aliphatic carbocycles. The third-order valence-electron chi connectivity index (χ3n) is 3.51. The number of rotatable bonds is 4. The van der Waals surface area contributed by atoms with Gasteiger partial charge in [-0.05, 0) is 42.3 Å². The summed E-state index contributed by atoms with van der Waals surface area (Å²) in [7, 11) is 0. The maximum absolute atomic E-state index is 6.18. The zero-order chi connectivity index (χ0) is 13.9. The average molecular weight is 286 g/mol. The third kappa shape index (κ3) is 2.42. The van der Waals surface area contributed by atoms with E-state index in [2.05, 4.69) is 40.0 Å². The first kappa shape index (κ1) is 13.2. The van der Waals surface area contributed by atoms with Gasteiger partial charge in [0.15, 0.2) is 0 Å². The van der Waals surface area contributed by atoms with Crippen LogP contribution < -0.4 is 5.73 Å². The van der Waals surface area contributed by atoms with Crippen molar-refractivity contribution in [1.82, 2.24) is 9.55 Å². The van der Waals surface area contributed by atoms with E-state index >= 15 is 0 Å². The molecule has 0 saturated carbocycles. The lowest BCUT2D eigenvalue weighted by Crippen LogP contribution is -2.03. The fourth-order valence-electron chi connectivity index (χ4n) is 2.51. The van der Waals surface area contributed by atoms with E-state index in [0.717, 1.165) is 18.5 Å². The monoisotopic (exact) mass is 285 g/mol. The maximum atomic E-state index is 6.18. The number of hydrogen-bond acceptors (Lipinski definition) is 2. The number of pyridine rings is 1. The number of hydrogen-bond donors (Lipinski definition) is 1. The Bertz CT molecular complexity index is 733. The van der Waals surface area contributed by atoms with E-state index in [-0.39, 0.29) is 0 Å². The number of nitrogens with zero attached hydrogens (tertiary/aromatic N) is 2. The molecule has 0 saturated heterocycles. The van der Waals surface area contributed by atoms with Gasteiger partial charge in [0.25, 0.3) is 0 Å². The largest absolute Gasteiger partial charge is 0.343 e. The molecule has 3 nitrogen and oxygen atoms in total. The van der Waals surface area contributed by atoms with Crippen molar-refractivity contribution in [2.45, 2.75) is 13.0 Å². The van der Waals surface area contributed by atoms with Crippen LogP contribution in [0.4, 0.5) is 0 Å². The molecule has 0 amide bonds. The molecule has 0 aliphatic rings. The molecule has 0 aliphatic heterocycles. The standard InChI is InChI=1S/C16H16ClN3/c17-15-10-19-8-5-13(15)11-20-9-6-14-12(4-7-18)2-1-3-16(14)20/h1-3,5-6,8-10H,4,7,11,18H2. The predicted octanol–water partition coefficient (Wildman–Crippen LogP) is 3.24. The molecule has 0 bridgehead atoms. The highest BCUT2D eigenvalue weighted by Crippen LogP contribution is 2.23. The summed E-state index contributed by atoms with van der Waals surface area (Å²) in [6.07, 6.45) is 6.45. The Morgan fingerprint density at radius 2 is 2.05 bits per heavy atom. The summed E-state index contributed by atoms with van der Waals surface area (Å²) in [6, 6.07) is 10.5. The molecule has 0 unspecified atom stereocenters. The van der Waals surface area contributed by atoms with Crippen molar-refractivity contribution >= 4 is 22.5 Å². The third-order valence-corrected chi connectivity index (χ3v) is 3.86. The summed E-state index contributed by atoms with van der Waals surface area (Å²) in [5.41, 5.74) is 9.25. The fraction of sp³-hybridized carbons (Fsp3) is 0.188. The summed E-state index contributed by atoms with van der Waals surface area (Å²) in [5.74, 6) is 0. The molecule has 4 heteroatoms. The maximum Gasteiger partial charge on any atom is 0.0639 e. The van der Waals surface area contributed by atoms with Crippen LogP contribution in [0.25, 0.3) is 10.9 Å². The first-order valence-corrected chi connectivity index (χ1v) is 7.02. The van der Waals surface area contributed by atoms with Crippen molar-refractivity contribution in [2.24, 2.45) is 5.73 Å². The van der Waals surface area contributed by atoms with Crippen molar-refractivity contribution in [3.63, 3.8) is 0 Å². The number of fused-ring (bicyclic) bond motifs is 1. The lowest BCUT2D eigenvalue weighted by Gasteiger charge is -2.08. The molecule has 0 atom stereocenters. The number of aromatic nitrogens is 2. The van der Waals surface area contributed by atoms with Gasteiger partial charge in [0.1, 0.15) is 0 Å². The predicted molar refractivity (Wildman–Crippen MR) is 83.0 cm³/mol. The molecule has 0 radical (unpaired) electrons. The SMILES string of the molecule is NCCc1cccc2c1ccn2Cc1ccncc1Cl. The van der Waals surface area contributed by atoms with Crippen molar-refractivity contribution in [1.29, 1.82) is 0 Å². The van der Waals surface area contributed by atoms with Crippen LogP contribution in [-0.2, 0) is 13.0 Å². The zero-order valence-electron chi connectivity index (χ0n) is 11.1. The van der Waals surface area contributed by atoms with Crippen molar-refractivity contribution in [3.8, 4) is 0 Å². The Hall–Kier alpha value is -1.84. The Labute approximate surface area is 123 Å². The van der Waals surface area contributed by atoms with Crippen LogP contribution in [0.1, 0.15) is 11.1 Å². The van der Waals surface area contributed by atoms with Crippen LogP contribution in [-0.4, -0.2) is 16.1 Å². The molecule has 3 aromatic rings. The molecule has 2 heterocycles. The summed E-state index contributed by atoms with van der Waals surface area (Å²) in [5, 5.41) is 1.97. The van der Waals surface area contributed by atoms with E-state index in [1.165, 1.54) is 16.5 Å². The smallest absolute Gasteiger partial charge is 0.0639 e. The normalized spacial score (nSPS) is 11.1. The Morgan fingerprint density at radius 1 is 1.15 bits per heavy atom. The molecule has 2 aromatic heterocycles. The Morgan fingerprint density at radius 3 is 2.85 bits per heavy atom. The van der Waals surface area contributed by atoms with Gasteiger partial charge < -0.3 is 10.3 Å². The quantitative estimate of drug-likeness (QED) is 0.800. The van der Waals surface area contributed by atoms with Crippen LogP contribution in [0.5, 0.6) is 0 Å². The van der Waals surface area contributed by atoms with Crippen molar-refractivity contribution in [2.75, 3.05) is 6.54 Å². The highest BCUT2D eigenvalue weighted by molar-refractivity contribution is 6.31. The van der Waals surface area contributed by atoms with Crippen LogP contribution in [0.3, 0.4) is 0 Å². The van der Waals surface area contributed by atoms with Crippen LogP contribution in [0.15, 0.2) is 48.9 Å². The molecule has 20 heavy (non-hydrogen) atoms. The molecule has 102 valence electrons.